The minimum atomic E-state index is 0.126. The van der Waals surface area contributed by atoms with Gasteiger partial charge in [-0.1, -0.05) is 17.7 Å². The Labute approximate surface area is 115 Å². The second-order valence-electron chi connectivity index (χ2n) is 3.72. The van der Waals surface area contributed by atoms with Crippen LogP contribution in [0.5, 0.6) is 0 Å². The van der Waals surface area contributed by atoms with E-state index >= 15 is 0 Å². The Kier molecular flexibility index (Phi) is 4.98. The van der Waals surface area contributed by atoms with E-state index in [-0.39, 0.29) is 6.04 Å². The lowest BCUT2D eigenvalue weighted by Gasteiger charge is -2.26. The van der Waals surface area contributed by atoms with Crippen molar-refractivity contribution in [2.75, 3.05) is 7.05 Å². The van der Waals surface area contributed by atoms with Gasteiger partial charge < -0.3 is 4.90 Å². The van der Waals surface area contributed by atoms with Gasteiger partial charge in [0.05, 0.1) is 11.1 Å². The lowest BCUT2D eigenvalue weighted by Crippen LogP contribution is -2.27. The number of amidine groups is 1. The summed E-state index contributed by atoms with van der Waals surface area (Å²) >= 11 is 9.35. The fourth-order valence-corrected chi connectivity index (χ4v) is 1.94. The molecule has 0 spiro atoms. The standard InChI is InChI=1S/C12H13BrClN3/c1-8(17(3)9(2)16-7-15)10-4-5-12(14)11(13)6-10/h4-6,8H,1-3H3. The third-order valence-corrected chi connectivity index (χ3v) is 3.94. The Morgan fingerprint density at radius 1 is 1.59 bits per heavy atom. The van der Waals surface area contributed by atoms with E-state index in [9.17, 15) is 0 Å². The van der Waals surface area contributed by atoms with Gasteiger partial charge in [0.25, 0.3) is 0 Å². The van der Waals surface area contributed by atoms with Crippen molar-refractivity contribution in [3.05, 3.63) is 33.3 Å². The molecule has 1 atom stereocenters. The first-order valence-electron chi connectivity index (χ1n) is 5.08. The van der Waals surface area contributed by atoms with E-state index in [0.717, 1.165) is 10.0 Å². The molecule has 0 heterocycles. The van der Waals surface area contributed by atoms with Crippen LogP contribution in [0.4, 0.5) is 0 Å². The second kappa shape index (κ2) is 6.04. The first-order chi connectivity index (χ1) is 7.97. The third kappa shape index (κ3) is 3.45. The van der Waals surface area contributed by atoms with Crippen LogP contribution >= 0.6 is 27.5 Å². The highest BCUT2D eigenvalue weighted by atomic mass is 79.9. The first-order valence-corrected chi connectivity index (χ1v) is 6.25. The topological polar surface area (TPSA) is 39.4 Å². The van der Waals surface area contributed by atoms with Gasteiger partial charge in [0.2, 0.25) is 6.19 Å². The number of nitriles is 1. The van der Waals surface area contributed by atoms with E-state index in [1.165, 1.54) is 0 Å². The molecule has 0 aliphatic rings. The third-order valence-electron chi connectivity index (χ3n) is 2.73. The van der Waals surface area contributed by atoms with Crippen molar-refractivity contribution >= 4 is 33.4 Å². The van der Waals surface area contributed by atoms with Crippen LogP contribution in [0.25, 0.3) is 0 Å². The van der Waals surface area contributed by atoms with Crippen molar-refractivity contribution in [2.24, 2.45) is 4.99 Å². The fraction of sp³-hybridized carbons (Fsp3) is 0.333. The van der Waals surface area contributed by atoms with Crippen molar-refractivity contribution in [2.45, 2.75) is 19.9 Å². The summed E-state index contributed by atoms with van der Waals surface area (Å²) in [6, 6.07) is 5.92. The van der Waals surface area contributed by atoms with Gasteiger partial charge in [0, 0.05) is 11.5 Å². The molecule has 0 N–H and O–H groups in total. The van der Waals surface area contributed by atoms with Gasteiger partial charge >= 0.3 is 0 Å². The van der Waals surface area contributed by atoms with Crippen molar-refractivity contribution in [3.8, 4) is 6.19 Å². The number of halogens is 2. The molecule has 0 fully saturated rings. The molecule has 0 aliphatic carbocycles. The molecule has 0 saturated heterocycles. The maximum Gasteiger partial charge on any atom is 0.207 e. The van der Waals surface area contributed by atoms with Gasteiger partial charge in [0.15, 0.2) is 0 Å². The van der Waals surface area contributed by atoms with Crippen LogP contribution in [0.3, 0.4) is 0 Å². The molecule has 0 saturated carbocycles. The maximum atomic E-state index is 8.53. The van der Waals surface area contributed by atoms with E-state index in [4.69, 9.17) is 16.9 Å². The van der Waals surface area contributed by atoms with Gasteiger partial charge in [0.1, 0.15) is 5.84 Å². The van der Waals surface area contributed by atoms with Crippen LogP contribution < -0.4 is 0 Å². The van der Waals surface area contributed by atoms with Crippen LogP contribution in [-0.4, -0.2) is 17.8 Å². The smallest absolute Gasteiger partial charge is 0.207 e. The number of hydrogen-bond donors (Lipinski definition) is 0. The Morgan fingerprint density at radius 2 is 2.24 bits per heavy atom. The molecule has 17 heavy (non-hydrogen) atoms. The zero-order valence-electron chi connectivity index (χ0n) is 9.91. The number of benzene rings is 1. The average molecular weight is 315 g/mol. The lowest BCUT2D eigenvalue weighted by atomic mass is 10.1. The molecule has 0 amide bonds. The SMILES string of the molecule is CC(=NC#N)N(C)C(C)c1ccc(Cl)c(Br)c1. The van der Waals surface area contributed by atoms with Crippen LogP contribution in [0.15, 0.2) is 27.7 Å². The Balaban J connectivity index is 2.97. The minimum Gasteiger partial charge on any atom is -0.356 e. The predicted octanol–water partition coefficient (Wildman–Crippen LogP) is 3.99. The summed E-state index contributed by atoms with van der Waals surface area (Å²) in [7, 11) is 1.91. The van der Waals surface area contributed by atoms with Crippen molar-refractivity contribution in [1.82, 2.24) is 4.90 Å². The predicted molar refractivity (Wildman–Crippen MR) is 74.1 cm³/mol. The molecule has 1 unspecified atom stereocenters. The van der Waals surface area contributed by atoms with Crippen molar-refractivity contribution < 1.29 is 0 Å². The normalized spacial score (nSPS) is 13.1. The lowest BCUT2D eigenvalue weighted by molar-refractivity contribution is 0.400. The number of aliphatic imine (C=N–C) groups is 1. The summed E-state index contributed by atoms with van der Waals surface area (Å²) < 4.78 is 0.867. The highest BCUT2D eigenvalue weighted by Gasteiger charge is 2.13. The van der Waals surface area contributed by atoms with Crippen LogP contribution in [0.1, 0.15) is 25.5 Å². The fourth-order valence-electron chi connectivity index (χ4n) is 1.43. The summed E-state index contributed by atoms with van der Waals surface area (Å²) in [5, 5.41) is 9.22. The van der Waals surface area contributed by atoms with Gasteiger partial charge in [-0.15, -0.1) is 0 Å². The number of nitrogens with zero attached hydrogens (tertiary/aromatic N) is 3. The van der Waals surface area contributed by atoms with Gasteiger partial charge in [-0.2, -0.15) is 10.3 Å². The average Bonchev–Trinajstić information content (AvgIpc) is 2.31. The molecule has 1 aromatic rings. The molecule has 1 rings (SSSR count). The molecule has 3 nitrogen and oxygen atoms in total. The van der Waals surface area contributed by atoms with E-state index in [0.29, 0.717) is 10.9 Å². The molecule has 1 aromatic carbocycles. The van der Waals surface area contributed by atoms with Crippen LogP contribution in [0.2, 0.25) is 5.02 Å². The molecule has 90 valence electrons. The molecule has 0 aliphatic heterocycles. The van der Waals surface area contributed by atoms with Crippen molar-refractivity contribution in [3.63, 3.8) is 0 Å². The first kappa shape index (κ1) is 14.0. The molecule has 0 radical (unpaired) electrons. The molecule has 5 heteroatoms. The number of hydrogen-bond acceptors (Lipinski definition) is 2. The van der Waals surface area contributed by atoms with Crippen LogP contribution in [-0.2, 0) is 0 Å². The van der Waals surface area contributed by atoms with E-state index < -0.39 is 0 Å². The Morgan fingerprint density at radius 3 is 2.76 bits per heavy atom. The van der Waals surface area contributed by atoms with Gasteiger partial charge in [-0.3, -0.25) is 0 Å². The summed E-state index contributed by atoms with van der Waals surface area (Å²) in [4.78, 5) is 5.66. The minimum absolute atomic E-state index is 0.126. The zero-order valence-corrected chi connectivity index (χ0v) is 12.2. The molecular weight excluding hydrogens is 302 g/mol. The van der Waals surface area contributed by atoms with E-state index in [1.54, 1.807) is 6.19 Å². The maximum absolute atomic E-state index is 8.53. The molecular formula is C12H13BrClN3. The van der Waals surface area contributed by atoms with E-state index in [2.05, 4.69) is 20.9 Å². The highest BCUT2D eigenvalue weighted by molar-refractivity contribution is 9.10. The quantitative estimate of drug-likeness (QED) is 0.470. The summed E-state index contributed by atoms with van der Waals surface area (Å²) in [5.41, 5.74) is 1.11. The summed E-state index contributed by atoms with van der Waals surface area (Å²) in [6.45, 7) is 3.86. The number of rotatable bonds is 2. The van der Waals surface area contributed by atoms with Crippen LogP contribution in [0, 0.1) is 11.5 Å². The van der Waals surface area contributed by atoms with E-state index in [1.807, 2.05) is 44.0 Å². The van der Waals surface area contributed by atoms with Gasteiger partial charge in [-0.25, -0.2) is 0 Å². The largest absolute Gasteiger partial charge is 0.356 e. The Hall–Kier alpha value is -1.05. The summed E-state index contributed by atoms with van der Waals surface area (Å²) in [6.07, 6.45) is 1.79. The second-order valence-corrected chi connectivity index (χ2v) is 4.98. The highest BCUT2D eigenvalue weighted by Crippen LogP contribution is 2.28. The van der Waals surface area contributed by atoms with Gasteiger partial charge in [-0.05, 0) is 47.5 Å². The van der Waals surface area contributed by atoms with Crippen molar-refractivity contribution in [1.29, 1.82) is 5.26 Å². The zero-order chi connectivity index (χ0) is 13.0. The summed E-state index contributed by atoms with van der Waals surface area (Å²) in [5.74, 6) is 0.686. The monoisotopic (exact) mass is 313 g/mol. The molecule has 0 bridgehead atoms. The Bertz CT molecular complexity index is 479. The molecule has 0 aromatic heterocycles.